The molecule has 25 heavy (non-hydrogen) atoms. The molecular weight excluding hydrogens is 318 g/mol. The molecule has 1 N–H and O–H groups in total. The average molecular weight is 345 g/mol. The number of carbonyl (C=O) groups excluding carboxylic acids is 1. The summed E-state index contributed by atoms with van der Waals surface area (Å²) < 4.78 is 11.6. The number of hydrogen-bond donors (Lipinski definition) is 1. The molecule has 1 amide bonds. The lowest BCUT2D eigenvalue weighted by Gasteiger charge is -2.46. The van der Waals surface area contributed by atoms with Crippen molar-refractivity contribution in [2.24, 2.45) is 5.92 Å². The quantitative estimate of drug-likeness (QED) is 0.895. The minimum atomic E-state index is -0.522. The zero-order chi connectivity index (χ0) is 17.4. The van der Waals surface area contributed by atoms with Gasteiger partial charge in [0.15, 0.2) is 0 Å². The molecule has 0 unspecified atom stereocenters. The maximum Gasteiger partial charge on any atom is 0.225 e. The number of amides is 1. The summed E-state index contributed by atoms with van der Waals surface area (Å²) >= 11 is 0. The minimum absolute atomic E-state index is 0.233. The molecule has 1 aromatic rings. The topological polar surface area (TPSA) is 59.0 Å². The number of aliphatic hydroxyl groups excluding tert-OH is 1. The Balaban J connectivity index is 1.46. The Labute approximate surface area is 148 Å². The predicted molar refractivity (Wildman–Crippen MR) is 93.7 cm³/mol. The highest BCUT2D eigenvalue weighted by Gasteiger charge is 2.44. The molecule has 1 spiro atoms. The number of carbonyl (C=O) groups is 1. The normalized spacial score (nSPS) is 25.5. The molecule has 5 nitrogen and oxygen atoms in total. The molecule has 0 radical (unpaired) electrons. The SMILES string of the molecule is COc1ccc2c(c1)OC1(CCN(C(=O)C3CCCC3)CC1)C[C@@H]2O. The molecular formula is C20H27NO4. The van der Waals surface area contributed by atoms with Gasteiger partial charge in [-0.25, -0.2) is 0 Å². The van der Waals surface area contributed by atoms with Crippen LogP contribution in [-0.2, 0) is 4.79 Å². The minimum Gasteiger partial charge on any atom is -0.497 e. The Morgan fingerprint density at radius 3 is 2.68 bits per heavy atom. The first-order valence-corrected chi connectivity index (χ1v) is 9.44. The molecule has 1 saturated heterocycles. The van der Waals surface area contributed by atoms with Crippen LogP contribution in [0.4, 0.5) is 0 Å². The fourth-order valence-corrected chi connectivity index (χ4v) is 4.61. The molecule has 4 rings (SSSR count). The van der Waals surface area contributed by atoms with Crippen molar-refractivity contribution in [3.63, 3.8) is 0 Å². The number of nitrogens with zero attached hydrogens (tertiary/aromatic N) is 1. The maximum atomic E-state index is 12.6. The fourth-order valence-electron chi connectivity index (χ4n) is 4.61. The van der Waals surface area contributed by atoms with E-state index in [1.54, 1.807) is 7.11 Å². The van der Waals surface area contributed by atoms with E-state index in [1.165, 1.54) is 12.8 Å². The summed E-state index contributed by atoms with van der Waals surface area (Å²) in [6.45, 7) is 1.45. The van der Waals surface area contributed by atoms with Crippen molar-refractivity contribution < 1.29 is 19.4 Å². The Hall–Kier alpha value is -1.75. The number of fused-ring (bicyclic) bond motifs is 1. The lowest BCUT2D eigenvalue weighted by molar-refractivity contribution is -0.140. The number of hydrogen-bond acceptors (Lipinski definition) is 4. The highest BCUT2D eigenvalue weighted by molar-refractivity contribution is 5.79. The van der Waals surface area contributed by atoms with Crippen LogP contribution in [0, 0.1) is 5.92 Å². The van der Waals surface area contributed by atoms with Crippen molar-refractivity contribution in [3.05, 3.63) is 23.8 Å². The Morgan fingerprint density at radius 1 is 1.28 bits per heavy atom. The van der Waals surface area contributed by atoms with Gasteiger partial charge in [-0.2, -0.15) is 0 Å². The van der Waals surface area contributed by atoms with Gasteiger partial charge in [0.05, 0.1) is 13.2 Å². The van der Waals surface area contributed by atoms with Gasteiger partial charge in [-0.3, -0.25) is 4.79 Å². The summed E-state index contributed by atoms with van der Waals surface area (Å²) in [5.74, 6) is 2.01. The van der Waals surface area contributed by atoms with Crippen LogP contribution >= 0.6 is 0 Å². The van der Waals surface area contributed by atoms with E-state index in [0.29, 0.717) is 18.1 Å². The van der Waals surface area contributed by atoms with Crippen molar-refractivity contribution in [2.75, 3.05) is 20.2 Å². The van der Waals surface area contributed by atoms with Crippen LogP contribution in [0.25, 0.3) is 0 Å². The summed E-state index contributed by atoms with van der Waals surface area (Å²) in [7, 11) is 1.63. The lowest BCUT2D eigenvalue weighted by Crippen LogP contribution is -2.52. The van der Waals surface area contributed by atoms with Crippen LogP contribution in [0.1, 0.15) is 56.6 Å². The zero-order valence-electron chi connectivity index (χ0n) is 14.9. The predicted octanol–water partition coefficient (Wildman–Crippen LogP) is 3.06. The first-order chi connectivity index (χ1) is 12.1. The average Bonchev–Trinajstić information content (AvgIpc) is 3.16. The molecule has 136 valence electrons. The van der Waals surface area contributed by atoms with Crippen LogP contribution in [0.3, 0.4) is 0 Å². The summed E-state index contributed by atoms with van der Waals surface area (Å²) in [6, 6.07) is 5.59. The standard InChI is InChI=1S/C20H27NO4/c1-24-15-6-7-16-17(22)13-20(25-18(16)12-15)8-10-21(11-9-20)19(23)14-4-2-3-5-14/h6-7,12,14,17,22H,2-5,8-11,13H2,1H3/t17-/m0/s1. The highest BCUT2D eigenvalue weighted by atomic mass is 16.5. The van der Waals surface area contributed by atoms with Crippen molar-refractivity contribution in [2.45, 2.75) is 56.7 Å². The molecule has 1 atom stereocenters. The van der Waals surface area contributed by atoms with Gasteiger partial charge in [-0.15, -0.1) is 0 Å². The molecule has 1 aliphatic carbocycles. The number of likely N-dealkylation sites (tertiary alicyclic amines) is 1. The summed E-state index contributed by atoms with van der Waals surface area (Å²) in [5.41, 5.74) is 0.460. The van der Waals surface area contributed by atoms with Gasteiger partial charge in [-0.1, -0.05) is 12.8 Å². The van der Waals surface area contributed by atoms with E-state index >= 15 is 0 Å². The van der Waals surface area contributed by atoms with Crippen LogP contribution < -0.4 is 9.47 Å². The molecule has 3 aliphatic rings. The van der Waals surface area contributed by atoms with Gasteiger partial charge in [0.2, 0.25) is 5.91 Å². The van der Waals surface area contributed by atoms with E-state index in [1.807, 2.05) is 23.1 Å². The molecule has 1 aromatic carbocycles. The number of rotatable bonds is 2. The Kier molecular flexibility index (Phi) is 4.36. The monoisotopic (exact) mass is 345 g/mol. The molecule has 2 heterocycles. The second kappa shape index (κ2) is 6.52. The van der Waals surface area contributed by atoms with Gasteiger partial charge in [0.1, 0.15) is 17.1 Å². The van der Waals surface area contributed by atoms with E-state index < -0.39 is 6.10 Å². The number of piperidine rings is 1. The first-order valence-electron chi connectivity index (χ1n) is 9.44. The second-order valence-electron chi connectivity index (χ2n) is 7.72. The summed E-state index contributed by atoms with van der Waals surface area (Å²) in [4.78, 5) is 14.6. The number of aliphatic hydroxyl groups is 1. The molecule has 2 aliphatic heterocycles. The van der Waals surface area contributed by atoms with Gasteiger partial charge in [0, 0.05) is 49.9 Å². The molecule has 1 saturated carbocycles. The molecule has 0 aromatic heterocycles. The van der Waals surface area contributed by atoms with Crippen LogP contribution in [0.5, 0.6) is 11.5 Å². The number of ether oxygens (including phenoxy) is 2. The van der Waals surface area contributed by atoms with Crippen LogP contribution in [0.2, 0.25) is 0 Å². The Morgan fingerprint density at radius 2 is 2.00 bits per heavy atom. The fraction of sp³-hybridized carbons (Fsp3) is 0.650. The van der Waals surface area contributed by atoms with E-state index in [0.717, 1.165) is 50.1 Å². The van der Waals surface area contributed by atoms with Gasteiger partial charge in [-0.05, 0) is 25.0 Å². The first kappa shape index (κ1) is 16.7. The van der Waals surface area contributed by atoms with Crippen LogP contribution in [-0.4, -0.2) is 41.7 Å². The van der Waals surface area contributed by atoms with E-state index in [9.17, 15) is 9.90 Å². The molecule has 2 fully saturated rings. The van der Waals surface area contributed by atoms with Crippen molar-refractivity contribution in [3.8, 4) is 11.5 Å². The maximum absolute atomic E-state index is 12.6. The second-order valence-corrected chi connectivity index (χ2v) is 7.72. The Bertz CT molecular complexity index is 645. The summed E-state index contributed by atoms with van der Waals surface area (Å²) in [6.07, 6.45) is 6.08. The van der Waals surface area contributed by atoms with E-state index in [4.69, 9.17) is 9.47 Å². The highest BCUT2D eigenvalue weighted by Crippen LogP contribution is 2.45. The lowest BCUT2D eigenvalue weighted by atomic mass is 9.81. The third-order valence-electron chi connectivity index (χ3n) is 6.16. The van der Waals surface area contributed by atoms with Gasteiger partial charge >= 0.3 is 0 Å². The molecule has 5 heteroatoms. The van der Waals surface area contributed by atoms with Crippen molar-refractivity contribution in [1.29, 1.82) is 0 Å². The van der Waals surface area contributed by atoms with Crippen molar-refractivity contribution in [1.82, 2.24) is 4.90 Å². The van der Waals surface area contributed by atoms with Crippen molar-refractivity contribution >= 4 is 5.91 Å². The van der Waals surface area contributed by atoms with Crippen LogP contribution in [0.15, 0.2) is 18.2 Å². The largest absolute Gasteiger partial charge is 0.497 e. The summed E-state index contributed by atoms with van der Waals surface area (Å²) in [5, 5.41) is 10.6. The van der Waals surface area contributed by atoms with Gasteiger partial charge in [0.25, 0.3) is 0 Å². The smallest absolute Gasteiger partial charge is 0.225 e. The number of benzene rings is 1. The number of methoxy groups -OCH3 is 1. The van der Waals surface area contributed by atoms with E-state index in [2.05, 4.69) is 0 Å². The van der Waals surface area contributed by atoms with E-state index in [-0.39, 0.29) is 11.5 Å². The molecule has 0 bridgehead atoms. The third kappa shape index (κ3) is 3.10. The zero-order valence-corrected chi connectivity index (χ0v) is 14.9. The third-order valence-corrected chi connectivity index (χ3v) is 6.16. The van der Waals surface area contributed by atoms with Gasteiger partial charge < -0.3 is 19.5 Å².